The third-order valence-corrected chi connectivity index (χ3v) is 8.69. The molecule has 0 radical (unpaired) electrons. The van der Waals surface area contributed by atoms with Gasteiger partial charge in [0.2, 0.25) is 10.0 Å². The molecular formula is C25H25NO3S. The van der Waals surface area contributed by atoms with Crippen LogP contribution in [0.4, 0.5) is 0 Å². The lowest BCUT2D eigenvalue weighted by atomic mass is 9.47. The second kappa shape index (κ2) is 6.27. The van der Waals surface area contributed by atoms with Crippen molar-refractivity contribution in [2.45, 2.75) is 48.6 Å². The van der Waals surface area contributed by atoms with E-state index in [9.17, 15) is 13.5 Å². The van der Waals surface area contributed by atoms with Crippen LogP contribution in [0.5, 0.6) is 0 Å². The number of rotatable bonds is 3. The Kier molecular flexibility index (Phi) is 4.07. The predicted molar refractivity (Wildman–Crippen MR) is 117 cm³/mol. The van der Waals surface area contributed by atoms with Crippen LogP contribution in [0.15, 0.2) is 77.7 Å². The average molecular weight is 420 g/mol. The van der Waals surface area contributed by atoms with Crippen molar-refractivity contribution < 1.29 is 13.5 Å². The zero-order valence-electron chi connectivity index (χ0n) is 17.3. The van der Waals surface area contributed by atoms with E-state index in [1.165, 1.54) is 0 Å². The highest BCUT2D eigenvalue weighted by Gasteiger charge is 2.62. The maximum absolute atomic E-state index is 13.3. The number of aliphatic hydroxyl groups excluding tert-OH is 1. The van der Waals surface area contributed by atoms with Crippen LogP contribution in [-0.2, 0) is 20.9 Å². The van der Waals surface area contributed by atoms with Gasteiger partial charge < -0.3 is 5.11 Å². The lowest BCUT2D eigenvalue weighted by Crippen LogP contribution is -2.69. The van der Waals surface area contributed by atoms with Gasteiger partial charge in [-0.05, 0) is 55.2 Å². The molecule has 6 rings (SSSR count). The molecular weight excluding hydrogens is 394 g/mol. The summed E-state index contributed by atoms with van der Waals surface area (Å²) in [6.07, 6.45) is -0.910. The van der Waals surface area contributed by atoms with E-state index < -0.39 is 33.0 Å². The van der Waals surface area contributed by atoms with Crippen molar-refractivity contribution in [1.82, 2.24) is 4.72 Å². The lowest BCUT2D eigenvalue weighted by molar-refractivity contribution is 0.0302. The molecule has 3 aliphatic rings. The molecule has 2 N–H and O–H groups in total. The normalized spacial score (nSPS) is 29.3. The summed E-state index contributed by atoms with van der Waals surface area (Å²) in [6.45, 7) is 5.97. The second-order valence-corrected chi connectivity index (χ2v) is 10.6. The fourth-order valence-corrected chi connectivity index (χ4v) is 6.83. The SMILES string of the molecule is Cc1ccc(S(=O)(=O)N[C@H]2[C@@H](O)C3(C)c4ccccc4C2(C)c2ccccc23)cc1. The van der Waals surface area contributed by atoms with Gasteiger partial charge in [-0.2, -0.15) is 0 Å². The van der Waals surface area contributed by atoms with E-state index in [1.54, 1.807) is 24.3 Å². The molecule has 0 spiro atoms. The first kappa shape index (κ1) is 19.5. The predicted octanol–water partition coefficient (Wildman–Crippen LogP) is 3.64. The van der Waals surface area contributed by atoms with Crippen LogP contribution in [0, 0.1) is 6.92 Å². The van der Waals surface area contributed by atoms with Gasteiger partial charge in [0.05, 0.1) is 17.0 Å². The Morgan fingerprint density at radius 1 is 0.767 bits per heavy atom. The highest BCUT2D eigenvalue weighted by molar-refractivity contribution is 7.89. The van der Waals surface area contributed by atoms with Crippen LogP contribution < -0.4 is 4.72 Å². The molecule has 3 aromatic rings. The minimum Gasteiger partial charge on any atom is -0.390 e. The molecule has 2 atom stereocenters. The molecule has 3 aromatic carbocycles. The maximum atomic E-state index is 13.3. The van der Waals surface area contributed by atoms with Crippen LogP contribution in [0.2, 0.25) is 0 Å². The van der Waals surface area contributed by atoms with Gasteiger partial charge in [0.1, 0.15) is 0 Å². The minimum absolute atomic E-state index is 0.206. The topological polar surface area (TPSA) is 66.4 Å². The molecule has 0 unspecified atom stereocenters. The summed E-state index contributed by atoms with van der Waals surface area (Å²) >= 11 is 0. The lowest BCUT2D eigenvalue weighted by Gasteiger charge is -2.59. The number of aliphatic hydroxyl groups is 1. The summed E-state index contributed by atoms with van der Waals surface area (Å²) < 4.78 is 29.4. The molecule has 5 heteroatoms. The maximum Gasteiger partial charge on any atom is 0.240 e. The van der Waals surface area contributed by atoms with Crippen molar-refractivity contribution in [3.63, 3.8) is 0 Å². The van der Waals surface area contributed by atoms with Crippen LogP contribution >= 0.6 is 0 Å². The largest absolute Gasteiger partial charge is 0.390 e. The zero-order chi connectivity index (χ0) is 21.3. The molecule has 154 valence electrons. The molecule has 0 aliphatic heterocycles. The number of fused-ring (bicyclic) bond motifs is 1. The van der Waals surface area contributed by atoms with E-state index in [4.69, 9.17) is 0 Å². The van der Waals surface area contributed by atoms with Gasteiger partial charge in [0, 0.05) is 10.8 Å². The zero-order valence-corrected chi connectivity index (χ0v) is 18.1. The fourth-order valence-electron chi connectivity index (χ4n) is 5.51. The Morgan fingerprint density at radius 2 is 1.20 bits per heavy atom. The summed E-state index contributed by atoms with van der Waals surface area (Å²) in [5, 5.41) is 11.6. The average Bonchev–Trinajstić information content (AvgIpc) is 2.75. The van der Waals surface area contributed by atoms with E-state index in [0.717, 1.165) is 27.8 Å². The Hall–Kier alpha value is -2.47. The Morgan fingerprint density at radius 3 is 1.67 bits per heavy atom. The van der Waals surface area contributed by atoms with Gasteiger partial charge in [0.15, 0.2) is 0 Å². The second-order valence-electron chi connectivity index (χ2n) is 8.85. The fraction of sp³-hybridized carbons (Fsp3) is 0.280. The summed E-state index contributed by atoms with van der Waals surface area (Å²) in [7, 11) is -3.81. The highest BCUT2D eigenvalue weighted by Crippen LogP contribution is 2.59. The number of nitrogens with one attached hydrogen (secondary N) is 1. The molecule has 30 heavy (non-hydrogen) atoms. The Bertz CT molecular complexity index is 1200. The molecule has 0 amide bonds. The van der Waals surface area contributed by atoms with Gasteiger partial charge in [0.25, 0.3) is 0 Å². The van der Waals surface area contributed by atoms with Crippen LogP contribution in [0.3, 0.4) is 0 Å². The van der Waals surface area contributed by atoms with Crippen molar-refractivity contribution in [2.24, 2.45) is 0 Å². The summed E-state index contributed by atoms with van der Waals surface area (Å²) in [6, 6.07) is 22.2. The molecule has 2 bridgehead atoms. The van der Waals surface area contributed by atoms with Gasteiger partial charge >= 0.3 is 0 Å². The van der Waals surface area contributed by atoms with Crippen molar-refractivity contribution in [3.05, 3.63) is 101 Å². The minimum atomic E-state index is -3.81. The number of aryl methyl sites for hydroxylation is 1. The van der Waals surface area contributed by atoms with Gasteiger partial charge in [-0.15, -0.1) is 0 Å². The molecule has 0 saturated carbocycles. The van der Waals surface area contributed by atoms with Gasteiger partial charge in [-0.25, -0.2) is 13.1 Å². The first-order valence-electron chi connectivity index (χ1n) is 10.2. The number of benzene rings is 3. The quantitative estimate of drug-likeness (QED) is 0.681. The summed E-state index contributed by atoms with van der Waals surface area (Å²) in [4.78, 5) is 0.206. The highest BCUT2D eigenvalue weighted by atomic mass is 32.2. The standard InChI is InChI=1S/C25H25NO3S/c1-16-12-14-17(15-13-16)30(28,29)26-22-23(27)25(3)20-10-6-4-8-18(20)24(22,2)19-9-5-7-11-21(19)25/h4-15,22-23,26-27H,1-3H3/t22-,23+,24?,25?/m0/s1. The van der Waals surface area contributed by atoms with Gasteiger partial charge in [-0.1, -0.05) is 66.2 Å². The Balaban J connectivity index is 1.71. The van der Waals surface area contributed by atoms with Crippen LogP contribution in [-0.4, -0.2) is 25.7 Å². The van der Waals surface area contributed by atoms with E-state index in [0.29, 0.717) is 0 Å². The van der Waals surface area contributed by atoms with E-state index in [1.807, 2.05) is 45.0 Å². The molecule has 0 saturated heterocycles. The van der Waals surface area contributed by atoms with Crippen molar-refractivity contribution in [1.29, 1.82) is 0 Å². The third-order valence-electron chi connectivity index (χ3n) is 7.23. The first-order valence-corrected chi connectivity index (χ1v) is 11.7. The van der Waals surface area contributed by atoms with Crippen LogP contribution in [0.1, 0.15) is 41.7 Å². The van der Waals surface area contributed by atoms with Crippen molar-refractivity contribution in [3.8, 4) is 0 Å². The molecule has 0 heterocycles. The van der Waals surface area contributed by atoms with Crippen molar-refractivity contribution >= 4 is 10.0 Å². The smallest absolute Gasteiger partial charge is 0.240 e. The monoisotopic (exact) mass is 419 g/mol. The van der Waals surface area contributed by atoms with E-state index >= 15 is 0 Å². The number of sulfonamides is 1. The molecule has 3 aliphatic carbocycles. The molecule has 4 nitrogen and oxygen atoms in total. The first-order chi connectivity index (χ1) is 14.2. The number of hydrogen-bond donors (Lipinski definition) is 2. The van der Waals surface area contributed by atoms with Crippen LogP contribution in [0.25, 0.3) is 0 Å². The number of hydrogen-bond acceptors (Lipinski definition) is 3. The van der Waals surface area contributed by atoms with Gasteiger partial charge in [-0.3, -0.25) is 0 Å². The third kappa shape index (κ3) is 2.37. The molecule has 0 fully saturated rings. The Labute approximate surface area is 177 Å². The van der Waals surface area contributed by atoms with E-state index in [2.05, 4.69) is 29.0 Å². The summed E-state index contributed by atoms with van der Waals surface area (Å²) in [5.74, 6) is 0. The summed E-state index contributed by atoms with van der Waals surface area (Å²) in [5.41, 5.74) is 3.84. The molecule has 0 aromatic heterocycles. The van der Waals surface area contributed by atoms with E-state index in [-0.39, 0.29) is 4.90 Å². The van der Waals surface area contributed by atoms with Crippen molar-refractivity contribution in [2.75, 3.05) is 0 Å².